The van der Waals surface area contributed by atoms with Crippen LogP contribution in [0.4, 0.5) is 0 Å². The van der Waals surface area contributed by atoms with Gasteiger partial charge in [-0.25, -0.2) is 9.97 Å². The molecule has 29 heavy (non-hydrogen) atoms. The zero-order valence-electron chi connectivity index (χ0n) is 16.5. The summed E-state index contributed by atoms with van der Waals surface area (Å²) < 4.78 is 5.27. The molecule has 3 heterocycles. The van der Waals surface area contributed by atoms with Gasteiger partial charge in [-0.15, -0.1) is 0 Å². The van der Waals surface area contributed by atoms with Gasteiger partial charge in [0.2, 0.25) is 0 Å². The number of aromatic nitrogens is 3. The van der Waals surface area contributed by atoms with Crippen LogP contribution >= 0.6 is 0 Å². The molecule has 1 fully saturated rings. The van der Waals surface area contributed by atoms with Gasteiger partial charge >= 0.3 is 0 Å². The van der Waals surface area contributed by atoms with Crippen molar-refractivity contribution in [1.29, 1.82) is 0 Å². The SMILES string of the molecule is COc1ccc(-c2cc(-c3ccncc3)nc(CN3C[C@H](N)C[C@H](N)C3)n2)cc1. The molecule has 1 saturated heterocycles. The number of nitrogens with two attached hydrogens (primary N) is 2. The van der Waals surface area contributed by atoms with Gasteiger partial charge in [-0.1, -0.05) is 0 Å². The van der Waals surface area contributed by atoms with Crippen molar-refractivity contribution in [2.24, 2.45) is 11.5 Å². The van der Waals surface area contributed by atoms with Crippen LogP contribution in [-0.4, -0.2) is 52.1 Å². The first-order valence-corrected chi connectivity index (χ1v) is 9.77. The minimum absolute atomic E-state index is 0.0863. The van der Waals surface area contributed by atoms with E-state index in [2.05, 4.69) is 9.88 Å². The fraction of sp³-hybridized carbons (Fsp3) is 0.318. The number of ether oxygens (including phenoxy) is 1. The molecule has 1 aliphatic rings. The summed E-state index contributed by atoms with van der Waals surface area (Å²) >= 11 is 0. The number of benzene rings is 1. The van der Waals surface area contributed by atoms with Gasteiger partial charge in [-0.05, 0) is 48.9 Å². The molecular weight excluding hydrogens is 364 g/mol. The first-order valence-electron chi connectivity index (χ1n) is 9.77. The van der Waals surface area contributed by atoms with E-state index in [0.29, 0.717) is 6.54 Å². The highest BCUT2D eigenvalue weighted by Gasteiger charge is 2.23. The fourth-order valence-electron chi connectivity index (χ4n) is 3.75. The lowest BCUT2D eigenvalue weighted by atomic mass is 10.0. The monoisotopic (exact) mass is 390 g/mol. The lowest BCUT2D eigenvalue weighted by molar-refractivity contribution is 0.179. The lowest BCUT2D eigenvalue weighted by Gasteiger charge is -2.34. The zero-order valence-corrected chi connectivity index (χ0v) is 16.5. The Bertz CT molecular complexity index is 937. The zero-order chi connectivity index (χ0) is 20.2. The van der Waals surface area contributed by atoms with Crippen LogP contribution in [0.1, 0.15) is 12.2 Å². The first-order chi connectivity index (χ1) is 14.1. The van der Waals surface area contributed by atoms with E-state index in [-0.39, 0.29) is 12.1 Å². The molecule has 2 aromatic heterocycles. The summed E-state index contributed by atoms with van der Waals surface area (Å²) in [5.41, 5.74) is 16.1. The highest BCUT2D eigenvalue weighted by Crippen LogP contribution is 2.26. The third-order valence-corrected chi connectivity index (χ3v) is 5.09. The standard InChI is InChI=1S/C22H26N6O/c1-29-19-4-2-15(3-5-19)20-11-21(16-6-8-25-9-7-16)27-22(26-20)14-28-12-17(23)10-18(24)13-28/h2-9,11,17-18H,10,12-14,23-24H2,1H3/t17-,18+. The maximum atomic E-state index is 6.16. The van der Waals surface area contributed by atoms with Gasteiger partial charge in [0.1, 0.15) is 11.6 Å². The van der Waals surface area contributed by atoms with E-state index in [4.69, 9.17) is 26.2 Å². The molecule has 0 unspecified atom stereocenters. The summed E-state index contributed by atoms with van der Waals surface area (Å²) in [6.45, 7) is 2.21. The van der Waals surface area contributed by atoms with E-state index in [1.54, 1.807) is 19.5 Å². The topological polar surface area (TPSA) is 103 Å². The Kier molecular flexibility index (Phi) is 5.80. The van der Waals surface area contributed by atoms with Crippen LogP contribution in [0.2, 0.25) is 0 Å². The minimum Gasteiger partial charge on any atom is -0.497 e. The number of hydrogen-bond donors (Lipinski definition) is 2. The molecule has 4 N–H and O–H groups in total. The fourth-order valence-corrected chi connectivity index (χ4v) is 3.75. The van der Waals surface area contributed by atoms with E-state index in [9.17, 15) is 0 Å². The Hall–Kier alpha value is -2.87. The van der Waals surface area contributed by atoms with E-state index < -0.39 is 0 Å². The van der Waals surface area contributed by atoms with Crippen molar-refractivity contribution in [3.63, 3.8) is 0 Å². The second-order valence-electron chi connectivity index (χ2n) is 7.47. The predicted molar refractivity (Wildman–Crippen MR) is 113 cm³/mol. The van der Waals surface area contributed by atoms with Crippen LogP contribution in [0, 0.1) is 0 Å². The van der Waals surface area contributed by atoms with Gasteiger partial charge in [-0.2, -0.15) is 0 Å². The molecule has 3 aromatic rings. The van der Waals surface area contributed by atoms with Gasteiger partial charge in [0.15, 0.2) is 0 Å². The molecule has 1 aromatic carbocycles. The molecule has 0 aliphatic carbocycles. The van der Waals surface area contributed by atoms with Gasteiger partial charge in [-0.3, -0.25) is 9.88 Å². The Balaban J connectivity index is 1.69. The molecule has 0 spiro atoms. The van der Waals surface area contributed by atoms with E-state index in [1.165, 1.54) is 0 Å². The number of pyridine rings is 1. The molecule has 7 heteroatoms. The van der Waals surface area contributed by atoms with Crippen LogP contribution in [0.25, 0.3) is 22.5 Å². The Morgan fingerprint density at radius 3 is 2.10 bits per heavy atom. The van der Waals surface area contributed by atoms with Gasteiger partial charge in [0, 0.05) is 48.7 Å². The van der Waals surface area contributed by atoms with E-state index in [0.717, 1.165) is 53.6 Å². The third-order valence-electron chi connectivity index (χ3n) is 5.09. The molecule has 0 amide bonds. The average molecular weight is 390 g/mol. The molecule has 2 atom stereocenters. The van der Waals surface area contributed by atoms with Gasteiger partial charge in [0.25, 0.3) is 0 Å². The number of nitrogens with zero attached hydrogens (tertiary/aromatic N) is 4. The second-order valence-corrected chi connectivity index (χ2v) is 7.47. The normalized spacial score (nSPS) is 19.8. The van der Waals surface area contributed by atoms with E-state index >= 15 is 0 Å². The van der Waals surface area contributed by atoms with Gasteiger partial charge in [0.05, 0.1) is 25.0 Å². The molecular formula is C22H26N6O. The Morgan fingerprint density at radius 1 is 0.931 bits per heavy atom. The van der Waals surface area contributed by atoms with Crippen LogP contribution in [0.3, 0.4) is 0 Å². The maximum absolute atomic E-state index is 6.16. The second kappa shape index (κ2) is 8.65. The summed E-state index contributed by atoms with van der Waals surface area (Å²) in [5.74, 6) is 1.57. The number of piperidine rings is 1. The molecule has 0 bridgehead atoms. The van der Waals surface area contributed by atoms with Crippen molar-refractivity contribution < 1.29 is 4.74 Å². The summed E-state index contributed by atoms with van der Waals surface area (Å²) in [5, 5.41) is 0. The number of methoxy groups -OCH3 is 1. The van der Waals surface area contributed by atoms with Crippen molar-refractivity contribution in [2.75, 3.05) is 20.2 Å². The molecule has 4 rings (SSSR count). The molecule has 1 aliphatic heterocycles. The van der Waals surface area contributed by atoms with Crippen molar-refractivity contribution in [3.8, 4) is 28.3 Å². The quantitative estimate of drug-likeness (QED) is 0.687. The summed E-state index contributed by atoms with van der Waals surface area (Å²) in [7, 11) is 1.66. The summed E-state index contributed by atoms with van der Waals surface area (Å²) in [6.07, 6.45) is 4.39. The first kappa shape index (κ1) is 19.4. The number of rotatable bonds is 5. The smallest absolute Gasteiger partial charge is 0.143 e. The number of likely N-dealkylation sites (tertiary alicyclic amines) is 1. The van der Waals surface area contributed by atoms with Crippen LogP contribution in [0.5, 0.6) is 5.75 Å². The van der Waals surface area contributed by atoms with Crippen LogP contribution in [0.15, 0.2) is 54.9 Å². The highest BCUT2D eigenvalue weighted by molar-refractivity contribution is 5.68. The molecule has 0 radical (unpaired) electrons. The molecule has 0 saturated carbocycles. The van der Waals surface area contributed by atoms with E-state index in [1.807, 2.05) is 42.5 Å². The van der Waals surface area contributed by atoms with Crippen molar-refractivity contribution in [2.45, 2.75) is 25.0 Å². The van der Waals surface area contributed by atoms with Crippen molar-refractivity contribution in [1.82, 2.24) is 19.9 Å². The minimum atomic E-state index is 0.0863. The van der Waals surface area contributed by atoms with Gasteiger partial charge < -0.3 is 16.2 Å². The lowest BCUT2D eigenvalue weighted by Crippen LogP contribution is -2.51. The average Bonchev–Trinajstić information content (AvgIpc) is 2.73. The number of hydrogen-bond acceptors (Lipinski definition) is 7. The molecule has 7 nitrogen and oxygen atoms in total. The van der Waals surface area contributed by atoms with Crippen LogP contribution < -0.4 is 16.2 Å². The third kappa shape index (κ3) is 4.76. The Labute approximate surface area is 170 Å². The summed E-state index contributed by atoms with van der Waals surface area (Å²) in [6, 6.07) is 14.0. The highest BCUT2D eigenvalue weighted by atomic mass is 16.5. The van der Waals surface area contributed by atoms with Crippen molar-refractivity contribution >= 4 is 0 Å². The summed E-state index contributed by atoms with van der Waals surface area (Å²) in [4.78, 5) is 16.0. The Morgan fingerprint density at radius 2 is 1.52 bits per heavy atom. The molecule has 150 valence electrons. The predicted octanol–water partition coefficient (Wildman–Crippen LogP) is 2.07. The van der Waals surface area contributed by atoms with Crippen molar-refractivity contribution in [3.05, 3.63) is 60.7 Å². The van der Waals surface area contributed by atoms with Crippen LogP contribution in [-0.2, 0) is 6.54 Å². The largest absolute Gasteiger partial charge is 0.497 e. The maximum Gasteiger partial charge on any atom is 0.143 e.